The second-order valence-electron chi connectivity index (χ2n) is 8.48. The lowest BCUT2D eigenvalue weighted by atomic mass is 9.76. The van der Waals surface area contributed by atoms with Crippen LogP contribution < -0.4 is 4.74 Å². The zero-order chi connectivity index (χ0) is 22.0. The summed E-state index contributed by atoms with van der Waals surface area (Å²) in [6.07, 6.45) is 2.21. The minimum atomic E-state index is -0.557. The van der Waals surface area contributed by atoms with Gasteiger partial charge >= 0.3 is 0 Å². The monoisotopic (exact) mass is 426 g/mol. The van der Waals surface area contributed by atoms with Crippen molar-refractivity contribution in [1.29, 1.82) is 0 Å². The molecule has 1 N–H and O–H groups in total. The second kappa shape index (κ2) is 8.67. The van der Waals surface area contributed by atoms with Crippen LogP contribution in [-0.4, -0.2) is 66.1 Å². The van der Waals surface area contributed by atoms with E-state index < -0.39 is 5.82 Å². The van der Waals surface area contributed by atoms with Crippen molar-refractivity contribution in [3.8, 4) is 5.75 Å². The highest BCUT2D eigenvalue weighted by Crippen LogP contribution is 2.44. The van der Waals surface area contributed by atoms with E-state index in [1.54, 1.807) is 28.0 Å². The normalized spacial score (nSPS) is 20.2. The Balaban J connectivity index is 1.43. The summed E-state index contributed by atoms with van der Waals surface area (Å²) in [6, 6.07) is 13.1. The number of nitrogens with zero attached hydrogens (tertiary/aromatic N) is 2. The molecule has 1 spiro atoms. The van der Waals surface area contributed by atoms with Crippen molar-refractivity contribution in [3.05, 3.63) is 65.5 Å². The lowest BCUT2D eigenvalue weighted by molar-refractivity contribution is 0.0559. The minimum absolute atomic E-state index is 0.0660. The molecular weight excluding hydrogens is 399 g/mol. The number of hydrogen-bond donors (Lipinski definition) is 1. The van der Waals surface area contributed by atoms with Gasteiger partial charge < -0.3 is 19.6 Å². The van der Waals surface area contributed by atoms with Crippen LogP contribution in [0.15, 0.2) is 48.5 Å². The first-order valence-corrected chi connectivity index (χ1v) is 10.6. The Bertz CT molecular complexity index is 957. The zero-order valence-electron chi connectivity index (χ0n) is 17.6. The third-order valence-corrected chi connectivity index (χ3v) is 6.62. The highest BCUT2D eigenvalue weighted by Gasteiger charge is 2.47. The maximum atomic E-state index is 14.0. The van der Waals surface area contributed by atoms with Crippen molar-refractivity contribution in [2.75, 3.05) is 33.4 Å². The van der Waals surface area contributed by atoms with E-state index in [0.29, 0.717) is 30.8 Å². The molecule has 2 aromatic carbocycles. The molecule has 164 valence electrons. The maximum absolute atomic E-state index is 14.0. The molecule has 4 rings (SSSR count). The largest absolute Gasteiger partial charge is 0.494 e. The fourth-order valence-electron chi connectivity index (χ4n) is 4.84. The van der Waals surface area contributed by atoms with E-state index in [1.165, 1.54) is 19.2 Å². The van der Waals surface area contributed by atoms with E-state index in [2.05, 4.69) is 0 Å². The van der Waals surface area contributed by atoms with Crippen LogP contribution in [0.25, 0.3) is 0 Å². The standard InChI is InChI=1S/C24H27FN2O4/c1-31-21-8-7-18(13-20(21)25)22(29)26-11-9-24(10-12-26)14-19(15-28)27(16-24)23(30)17-5-3-2-4-6-17/h2-8,13,19,28H,9-12,14-16H2,1H3. The van der Waals surface area contributed by atoms with Crippen molar-refractivity contribution >= 4 is 11.8 Å². The quantitative estimate of drug-likeness (QED) is 0.816. The number of carbonyl (C=O) groups is 2. The number of methoxy groups -OCH3 is 1. The molecular formula is C24H27FN2O4. The van der Waals surface area contributed by atoms with Gasteiger partial charge in [-0.05, 0) is 55.0 Å². The van der Waals surface area contributed by atoms with Crippen LogP contribution in [0.5, 0.6) is 5.75 Å². The summed E-state index contributed by atoms with van der Waals surface area (Å²) in [7, 11) is 1.39. The molecule has 0 saturated carbocycles. The van der Waals surface area contributed by atoms with Crippen molar-refractivity contribution in [3.63, 3.8) is 0 Å². The Morgan fingerprint density at radius 1 is 1.10 bits per heavy atom. The number of likely N-dealkylation sites (tertiary alicyclic amines) is 2. The lowest BCUT2D eigenvalue weighted by Gasteiger charge is -2.39. The number of aliphatic hydroxyl groups excluding tert-OH is 1. The van der Waals surface area contributed by atoms with E-state index >= 15 is 0 Å². The van der Waals surface area contributed by atoms with E-state index in [4.69, 9.17) is 4.74 Å². The number of carbonyl (C=O) groups excluding carboxylic acids is 2. The molecule has 0 bridgehead atoms. The summed E-state index contributed by atoms with van der Waals surface area (Å²) in [5.74, 6) is -0.717. The Labute approximate surface area is 181 Å². The van der Waals surface area contributed by atoms with Crippen molar-refractivity contribution in [1.82, 2.24) is 9.80 Å². The number of rotatable bonds is 4. The molecule has 2 saturated heterocycles. The second-order valence-corrected chi connectivity index (χ2v) is 8.48. The van der Waals surface area contributed by atoms with Gasteiger partial charge in [-0.25, -0.2) is 4.39 Å². The highest BCUT2D eigenvalue weighted by molar-refractivity contribution is 5.95. The molecule has 1 unspecified atom stereocenters. The molecule has 0 radical (unpaired) electrons. The average molecular weight is 426 g/mol. The van der Waals surface area contributed by atoms with Gasteiger partial charge in [0.15, 0.2) is 11.6 Å². The molecule has 2 aromatic rings. The molecule has 7 heteroatoms. The van der Waals surface area contributed by atoms with E-state index in [9.17, 15) is 19.1 Å². The molecule has 31 heavy (non-hydrogen) atoms. The summed E-state index contributed by atoms with van der Waals surface area (Å²) in [6.45, 7) is 1.58. The Morgan fingerprint density at radius 2 is 1.81 bits per heavy atom. The van der Waals surface area contributed by atoms with Gasteiger partial charge in [-0.1, -0.05) is 18.2 Å². The number of benzene rings is 2. The lowest BCUT2D eigenvalue weighted by Crippen LogP contribution is -2.44. The van der Waals surface area contributed by atoms with Gasteiger partial charge in [0.05, 0.1) is 19.8 Å². The van der Waals surface area contributed by atoms with Crippen LogP contribution >= 0.6 is 0 Å². The number of aliphatic hydroxyl groups is 1. The minimum Gasteiger partial charge on any atom is -0.494 e. The zero-order valence-corrected chi connectivity index (χ0v) is 17.6. The first-order chi connectivity index (χ1) is 15.0. The maximum Gasteiger partial charge on any atom is 0.254 e. The first kappa shape index (κ1) is 21.3. The van der Waals surface area contributed by atoms with Crippen molar-refractivity contribution in [2.45, 2.75) is 25.3 Å². The topological polar surface area (TPSA) is 70.1 Å². The Hall–Kier alpha value is -2.93. The van der Waals surface area contributed by atoms with E-state index in [-0.39, 0.29) is 35.6 Å². The van der Waals surface area contributed by atoms with Crippen LogP contribution in [0.2, 0.25) is 0 Å². The third-order valence-electron chi connectivity index (χ3n) is 6.62. The number of amides is 2. The molecule has 0 aromatic heterocycles. The van der Waals surface area contributed by atoms with E-state index in [1.807, 2.05) is 18.2 Å². The van der Waals surface area contributed by atoms with Gasteiger partial charge in [-0.2, -0.15) is 0 Å². The first-order valence-electron chi connectivity index (χ1n) is 10.6. The van der Waals surface area contributed by atoms with Gasteiger partial charge in [-0.3, -0.25) is 9.59 Å². The van der Waals surface area contributed by atoms with Gasteiger partial charge in [0.25, 0.3) is 11.8 Å². The molecule has 2 fully saturated rings. The summed E-state index contributed by atoms with van der Waals surface area (Å²) in [5, 5.41) is 9.90. The summed E-state index contributed by atoms with van der Waals surface area (Å²) >= 11 is 0. The third kappa shape index (κ3) is 4.14. The Kier molecular flexibility index (Phi) is 5.96. The van der Waals surface area contributed by atoms with Crippen LogP contribution in [0.3, 0.4) is 0 Å². The van der Waals surface area contributed by atoms with Crippen molar-refractivity contribution in [2.24, 2.45) is 5.41 Å². The average Bonchev–Trinajstić information content (AvgIpc) is 3.17. The van der Waals surface area contributed by atoms with Gasteiger partial charge in [0, 0.05) is 30.8 Å². The van der Waals surface area contributed by atoms with Crippen LogP contribution in [0.1, 0.15) is 40.0 Å². The summed E-state index contributed by atoms with van der Waals surface area (Å²) in [4.78, 5) is 29.4. The number of halogens is 1. The highest BCUT2D eigenvalue weighted by atomic mass is 19.1. The van der Waals surface area contributed by atoms with E-state index in [0.717, 1.165) is 19.3 Å². The predicted octanol–water partition coefficient (Wildman–Crippen LogP) is 2.96. The smallest absolute Gasteiger partial charge is 0.254 e. The van der Waals surface area contributed by atoms with Gasteiger partial charge in [0.2, 0.25) is 0 Å². The van der Waals surface area contributed by atoms with Crippen LogP contribution in [0, 0.1) is 11.2 Å². The van der Waals surface area contributed by atoms with Crippen molar-refractivity contribution < 1.29 is 23.8 Å². The molecule has 2 heterocycles. The number of piperidine rings is 1. The number of hydrogen-bond acceptors (Lipinski definition) is 4. The molecule has 6 nitrogen and oxygen atoms in total. The molecule has 2 aliphatic heterocycles. The van der Waals surface area contributed by atoms with Gasteiger partial charge in [0.1, 0.15) is 0 Å². The fraction of sp³-hybridized carbons (Fsp3) is 0.417. The summed E-state index contributed by atoms with van der Waals surface area (Å²) < 4.78 is 18.9. The molecule has 1 atom stereocenters. The van der Waals surface area contributed by atoms with Crippen LogP contribution in [0.4, 0.5) is 4.39 Å². The summed E-state index contributed by atoms with van der Waals surface area (Å²) in [5.41, 5.74) is 0.807. The number of ether oxygens (including phenoxy) is 1. The SMILES string of the molecule is COc1ccc(C(=O)N2CCC3(CC2)CC(CO)N(C(=O)c2ccccc2)C3)cc1F. The van der Waals surface area contributed by atoms with Gasteiger partial charge in [-0.15, -0.1) is 0 Å². The molecule has 2 amide bonds. The predicted molar refractivity (Wildman–Crippen MR) is 113 cm³/mol. The van der Waals surface area contributed by atoms with Crippen LogP contribution in [-0.2, 0) is 0 Å². The fourth-order valence-corrected chi connectivity index (χ4v) is 4.84. The Morgan fingerprint density at radius 3 is 2.42 bits per heavy atom. The molecule has 0 aliphatic carbocycles. The molecule has 2 aliphatic rings.